The van der Waals surface area contributed by atoms with Crippen molar-refractivity contribution in [1.82, 2.24) is 5.32 Å². The summed E-state index contributed by atoms with van der Waals surface area (Å²) in [6.45, 7) is 21.2. The van der Waals surface area contributed by atoms with Gasteiger partial charge < -0.3 is 5.32 Å². The van der Waals surface area contributed by atoms with Gasteiger partial charge in [-0.05, 0) is 91.9 Å². The van der Waals surface area contributed by atoms with Crippen LogP contribution in [-0.4, -0.2) is 23.0 Å². The molecule has 2 fully saturated rings. The van der Waals surface area contributed by atoms with E-state index in [0.717, 1.165) is 50.5 Å². The van der Waals surface area contributed by atoms with Gasteiger partial charge in [-0.2, -0.15) is 5.26 Å². The highest BCUT2D eigenvalue weighted by atomic mass is 16.1. The minimum atomic E-state index is -0.705. The van der Waals surface area contributed by atoms with Crippen LogP contribution in [0.4, 0.5) is 0 Å². The van der Waals surface area contributed by atoms with Crippen LogP contribution in [0.5, 0.6) is 0 Å². The second kappa shape index (κ2) is 10.3. The highest BCUT2D eigenvalue weighted by molar-refractivity contribution is 6.04. The Morgan fingerprint density at radius 3 is 2.30 bits per heavy atom. The molecule has 3 rings (SSSR count). The van der Waals surface area contributed by atoms with Crippen LogP contribution in [-0.2, 0) is 14.4 Å². The highest BCUT2D eigenvalue weighted by Crippen LogP contribution is 2.67. The third-order valence-electron chi connectivity index (χ3n) is 11.7. The van der Waals surface area contributed by atoms with Crippen LogP contribution >= 0.6 is 0 Å². The molecule has 3 aliphatic rings. The monoisotopic (exact) mass is 546 g/mol. The maximum atomic E-state index is 13.2. The lowest BCUT2D eigenvalue weighted by atomic mass is 9.42. The molecular weight excluding hydrogens is 496 g/mol. The summed E-state index contributed by atoms with van der Waals surface area (Å²) in [5.74, 6) is 2.04. The van der Waals surface area contributed by atoms with Crippen LogP contribution in [0.25, 0.3) is 0 Å². The number of carbonyl (C=O) groups excluding carboxylic acids is 3. The van der Waals surface area contributed by atoms with Gasteiger partial charge in [-0.15, -0.1) is 6.42 Å². The molecule has 1 amide bonds. The fraction of sp³-hybridized carbons (Fsp3) is 0.714. The lowest BCUT2D eigenvalue weighted by molar-refractivity contribution is -0.131. The molecule has 218 valence electrons. The van der Waals surface area contributed by atoms with Gasteiger partial charge in [-0.3, -0.25) is 14.4 Å². The third-order valence-corrected chi connectivity index (χ3v) is 11.7. The first kappa shape index (κ1) is 31.9. The average Bonchev–Trinajstić information content (AvgIpc) is 2.84. The van der Waals surface area contributed by atoms with Crippen LogP contribution in [0.2, 0.25) is 0 Å². The molecule has 5 heteroatoms. The number of terminal acetylenes is 1. The van der Waals surface area contributed by atoms with Crippen LogP contribution in [0.3, 0.4) is 0 Å². The Morgan fingerprint density at radius 1 is 1.15 bits per heavy atom. The number of rotatable bonds is 6. The predicted octanol–water partition coefficient (Wildman–Crippen LogP) is 7.12. The van der Waals surface area contributed by atoms with E-state index < -0.39 is 10.8 Å². The molecule has 2 saturated carbocycles. The molecule has 40 heavy (non-hydrogen) atoms. The van der Waals surface area contributed by atoms with E-state index in [2.05, 4.69) is 65.8 Å². The number of hydrogen-bond acceptors (Lipinski definition) is 4. The van der Waals surface area contributed by atoms with Crippen LogP contribution < -0.4 is 5.32 Å². The van der Waals surface area contributed by atoms with Gasteiger partial charge in [0.15, 0.2) is 11.6 Å². The number of nitrogens with one attached hydrogen (secondary N) is 1. The van der Waals surface area contributed by atoms with Gasteiger partial charge in [-0.25, -0.2) is 0 Å². The van der Waals surface area contributed by atoms with Gasteiger partial charge in [0, 0.05) is 16.4 Å². The Kier molecular flexibility index (Phi) is 8.21. The normalized spacial score (nSPS) is 36.0. The SMILES string of the molecule is C#CC(=O)N[C@]1(CCC(C)(C)[C@]2(C)CC[C@H]3C(C)(C)C(=O)C(C#N)=C[C@]3(C)/C2=C/C(C)=O)CCC(C)(C)CC1C. The molecule has 0 spiro atoms. The zero-order chi connectivity index (χ0) is 30.5. The fourth-order valence-corrected chi connectivity index (χ4v) is 8.74. The molecule has 0 radical (unpaired) electrons. The second-order valence-electron chi connectivity index (χ2n) is 15.5. The van der Waals surface area contributed by atoms with Gasteiger partial charge in [0.05, 0.1) is 5.57 Å². The lowest BCUT2D eigenvalue weighted by Crippen LogP contribution is -2.58. The van der Waals surface area contributed by atoms with Crippen molar-refractivity contribution >= 4 is 17.5 Å². The van der Waals surface area contributed by atoms with Gasteiger partial charge in [0.1, 0.15) is 6.07 Å². The minimum Gasteiger partial charge on any atom is -0.340 e. The number of fused-ring (bicyclic) bond motifs is 1. The maximum Gasteiger partial charge on any atom is 0.296 e. The van der Waals surface area contributed by atoms with Crippen molar-refractivity contribution in [3.8, 4) is 18.4 Å². The number of amides is 1. The molecule has 0 aliphatic heterocycles. The topological polar surface area (TPSA) is 87.0 Å². The maximum absolute atomic E-state index is 13.2. The van der Waals surface area contributed by atoms with Crippen molar-refractivity contribution in [2.75, 3.05) is 0 Å². The zero-order valence-corrected chi connectivity index (χ0v) is 26.5. The zero-order valence-electron chi connectivity index (χ0n) is 26.5. The lowest BCUT2D eigenvalue weighted by Gasteiger charge is -2.61. The van der Waals surface area contributed by atoms with E-state index in [0.29, 0.717) is 0 Å². The third kappa shape index (κ3) is 5.22. The molecule has 3 aliphatic carbocycles. The van der Waals surface area contributed by atoms with Crippen LogP contribution in [0, 0.1) is 62.6 Å². The Bertz CT molecular complexity index is 1240. The molecular formula is C35H50N2O3. The van der Waals surface area contributed by atoms with Gasteiger partial charge >= 0.3 is 0 Å². The van der Waals surface area contributed by atoms with Crippen LogP contribution in [0.1, 0.15) is 114 Å². The van der Waals surface area contributed by atoms with Gasteiger partial charge in [0.25, 0.3) is 5.91 Å². The van der Waals surface area contributed by atoms with E-state index in [1.807, 2.05) is 19.9 Å². The van der Waals surface area contributed by atoms with Crippen LogP contribution in [0.15, 0.2) is 23.3 Å². The summed E-state index contributed by atoms with van der Waals surface area (Å²) < 4.78 is 0. The van der Waals surface area contributed by atoms with Crippen molar-refractivity contribution in [1.29, 1.82) is 5.26 Å². The Hall–Kier alpha value is -2.66. The molecule has 0 aromatic carbocycles. The molecule has 0 saturated heterocycles. The number of allylic oxidation sites excluding steroid dienone is 4. The number of Topliss-reactive ketones (excluding diaryl/α,β-unsaturated/α-hetero) is 1. The predicted molar refractivity (Wildman–Crippen MR) is 160 cm³/mol. The molecule has 0 aromatic heterocycles. The van der Waals surface area contributed by atoms with E-state index >= 15 is 0 Å². The summed E-state index contributed by atoms with van der Waals surface area (Å²) in [5.41, 5.74) is -0.894. The smallest absolute Gasteiger partial charge is 0.296 e. The number of hydrogen-bond donors (Lipinski definition) is 1. The van der Waals surface area contributed by atoms with E-state index in [1.54, 1.807) is 13.0 Å². The Labute approximate surface area is 242 Å². The van der Waals surface area contributed by atoms with E-state index in [1.165, 1.54) is 0 Å². The molecule has 0 aromatic rings. The first-order chi connectivity index (χ1) is 18.2. The summed E-state index contributed by atoms with van der Waals surface area (Å²) in [4.78, 5) is 38.5. The van der Waals surface area contributed by atoms with Crippen molar-refractivity contribution in [3.63, 3.8) is 0 Å². The summed E-state index contributed by atoms with van der Waals surface area (Å²) in [7, 11) is 0. The van der Waals surface area contributed by atoms with E-state index in [-0.39, 0.29) is 56.7 Å². The molecule has 5 atom stereocenters. The number of nitriles is 1. The summed E-state index contributed by atoms with van der Waals surface area (Å²) in [5, 5.41) is 13.1. The van der Waals surface area contributed by atoms with Gasteiger partial charge in [0.2, 0.25) is 0 Å². The first-order valence-electron chi connectivity index (χ1n) is 14.9. The number of carbonyl (C=O) groups is 3. The van der Waals surface area contributed by atoms with Crippen molar-refractivity contribution in [3.05, 3.63) is 23.3 Å². The van der Waals surface area contributed by atoms with Crippen molar-refractivity contribution in [2.24, 2.45) is 38.9 Å². The quantitative estimate of drug-likeness (QED) is 0.284. The summed E-state index contributed by atoms with van der Waals surface area (Å²) in [6, 6.07) is 2.16. The van der Waals surface area contributed by atoms with E-state index in [9.17, 15) is 19.6 Å². The fourth-order valence-electron chi connectivity index (χ4n) is 8.74. The standard InChI is InChI=1S/C35H50N2O3/c1-12-28(39)37-35(17-15-30(4,5)20-23(35)2)18-16-31(6,7)34(11)14-13-26-32(8,9)29(40)25(22-36)21-33(26,10)27(34)19-24(3)38/h1,19,21,23,26H,13-18,20H2,2-11H3,(H,37,39)/b27-19-/t23?,26-,33-,34+,35-/m0/s1. The average molecular weight is 547 g/mol. The largest absolute Gasteiger partial charge is 0.340 e. The number of ketones is 2. The van der Waals surface area contributed by atoms with E-state index in [4.69, 9.17) is 6.42 Å². The van der Waals surface area contributed by atoms with Crippen molar-refractivity contribution < 1.29 is 14.4 Å². The minimum absolute atomic E-state index is 0.0130. The Morgan fingerprint density at radius 2 is 1.77 bits per heavy atom. The van der Waals surface area contributed by atoms with Crippen molar-refractivity contribution in [2.45, 2.75) is 120 Å². The summed E-state index contributed by atoms with van der Waals surface area (Å²) in [6.07, 6.45) is 15.3. The van der Waals surface area contributed by atoms with Gasteiger partial charge in [-0.1, -0.05) is 74.0 Å². The number of nitrogens with zero attached hydrogens (tertiary/aromatic N) is 1. The highest BCUT2D eigenvalue weighted by Gasteiger charge is 2.61. The second-order valence-corrected chi connectivity index (χ2v) is 15.5. The molecule has 1 N–H and O–H groups in total. The molecule has 1 unspecified atom stereocenters. The Balaban J connectivity index is 2.08. The molecule has 0 bridgehead atoms. The molecule has 5 nitrogen and oxygen atoms in total. The summed E-state index contributed by atoms with van der Waals surface area (Å²) >= 11 is 0. The first-order valence-corrected chi connectivity index (χ1v) is 14.9. The molecule has 0 heterocycles.